The van der Waals surface area contributed by atoms with Crippen LogP contribution in [0.15, 0.2) is 24.3 Å². The predicted molar refractivity (Wildman–Crippen MR) is 96.2 cm³/mol. The highest BCUT2D eigenvalue weighted by Gasteiger charge is 2.48. The lowest BCUT2D eigenvalue weighted by molar-refractivity contribution is -0.119. The summed E-state index contributed by atoms with van der Waals surface area (Å²) in [6.45, 7) is 3.12. The molecule has 2 heterocycles. The molecule has 1 amide bonds. The number of amides is 1. The van der Waals surface area contributed by atoms with Crippen molar-refractivity contribution in [3.63, 3.8) is 0 Å². The van der Waals surface area contributed by atoms with E-state index in [-0.39, 0.29) is 0 Å². The first-order chi connectivity index (χ1) is 11.4. The quantitative estimate of drug-likeness (QED) is 0.857. The lowest BCUT2D eigenvalue weighted by Gasteiger charge is -2.34. The van der Waals surface area contributed by atoms with Crippen LogP contribution in [0, 0.1) is 0 Å². The van der Waals surface area contributed by atoms with E-state index in [0.29, 0.717) is 31.6 Å². The Morgan fingerprint density at radius 1 is 1.21 bits per heavy atom. The number of hydrogen-bond donors (Lipinski definition) is 2. The molecule has 2 saturated heterocycles. The van der Waals surface area contributed by atoms with Gasteiger partial charge in [-0.25, -0.2) is 8.42 Å². The molecular weight excluding hydrogens is 326 g/mol. The van der Waals surface area contributed by atoms with E-state index in [0.717, 1.165) is 18.8 Å². The monoisotopic (exact) mass is 351 g/mol. The number of carbonyl (C=O) groups is 1. The van der Waals surface area contributed by atoms with Crippen molar-refractivity contribution in [1.82, 2.24) is 5.32 Å². The molecule has 2 aliphatic rings. The van der Waals surface area contributed by atoms with Crippen LogP contribution in [0.25, 0.3) is 0 Å². The van der Waals surface area contributed by atoms with Gasteiger partial charge in [-0.05, 0) is 57.0 Å². The minimum atomic E-state index is -3.50. The molecule has 0 spiro atoms. The molecule has 6 nitrogen and oxygen atoms in total. The Bertz CT molecular complexity index is 706. The van der Waals surface area contributed by atoms with Crippen molar-refractivity contribution in [2.45, 2.75) is 30.4 Å². The summed E-state index contributed by atoms with van der Waals surface area (Å²) in [5.74, 6) is -0.412. The minimum Gasteiger partial charge on any atom is -0.371 e. The molecule has 0 aromatic heterocycles. The minimum absolute atomic E-state index is 0.309. The number of rotatable bonds is 4. The van der Waals surface area contributed by atoms with E-state index in [9.17, 15) is 13.2 Å². The molecule has 2 aliphatic heterocycles. The number of carbonyl (C=O) groups excluding carboxylic acids is 1. The van der Waals surface area contributed by atoms with Crippen LogP contribution >= 0.6 is 0 Å². The molecule has 3 rings (SSSR count). The second-order valence-corrected chi connectivity index (χ2v) is 9.04. The van der Waals surface area contributed by atoms with E-state index >= 15 is 0 Å². The fourth-order valence-corrected chi connectivity index (χ4v) is 4.93. The van der Waals surface area contributed by atoms with E-state index in [1.54, 1.807) is 0 Å². The van der Waals surface area contributed by atoms with Crippen LogP contribution in [0.5, 0.6) is 0 Å². The SMILES string of the molecule is CS(=O)(=O)C1(C(=O)Nc2cccc(N3CCCC3)c2)CCNCC1. The standard InChI is InChI=1S/C17H25N3O3S/c1-24(22,23)17(7-9-18-10-8-17)16(21)19-14-5-4-6-15(13-14)20-11-2-3-12-20/h4-6,13,18H,2-3,7-12H2,1H3,(H,19,21). The van der Waals surface area contributed by atoms with Gasteiger partial charge in [0.05, 0.1) is 0 Å². The van der Waals surface area contributed by atoms with Crippen LogP contribution < -0.4 is 15.5 Å². The molecule has 0 atom stereocenters. The Labute approximate surface area is 143 Å². The van der Waals surface area contributed by atoms with Gasteiger partial charge in [-0.15, -0.1) is 0 Å². The Kier molecular flexibility index (Phi) is 4.83. The van der Waals surface area contributed by atoms with Crippen molar-refractivity contribution in [2.24, 2.45) is 0 Å². The van der Waals surface area contributed by atoms with Gasteiger partial charge < -0.3 is 15.5 Å². The maximum Gasteiger partial charge on any atom is 0.245 e. The highest BCUT2D eigenvalue weighted by molar-refractivity contribution is 7.92. The number of nitrogens with zero attached hydrogens (tertiary/aromatic N) is 1. The van der Waals surface area contributed by atoms with Gasteiger partial charge in [0.15, 0.2) is 14.6 Å². The molecule has 132 valence electrons. The third-order valence-corrected chi connectivity index (χ3v) is 7.12. The number of nitrogens with one attached hydrogen (secondary N) is 2. The van der Waals surface area contributed by atoms with Crippen molar-refractivity contribution >= 4 is 27.1 Å². The lowest BCUT2D eigenvalue weighted by atomic mass is 9.95. The first kappa shape index (κ1) is 17.2. The van der Waals surface area contributed by atoms with Gasteiger partial charge in [-0.2, -0.15) is 0 Å². The zero-order chi connectivity index (χ0) is 17.2. The second kappa shape index (κ2) is 6.72. The molecule has 1 aromatic rings. The number of hydrogen-bond acceptors (Lipinski definition) is 5. The molecule has 24 heavy (non-hydrogen) atoms. The van der Waals surface area contributed by atoms with Gasteiger partial charge in [-0.1, -0.05) is 6.07 Å². The molecule has 2 fully saturated rings. The fraction of sp³-hybridized carbons (Fsp3) is 0.588. The van der Waals surface area contributed by atoms with Crippen molar-refractivity contribution in [2.75, 3.05) is 42.7 Å². The van der Waals surface area contributed by atoms with Gasteiger partial charge in [0, 0.05) is 30.7 Å². The van der Waals surface area contributed by atoms with Gasteiger partial charge in [0.1, 0.15) is 0 Å². The number of benzene rings is 1. The van der Waals surface area contributed by atoms with Gasteiger partial charge in [-0.3, -0.25) is 4.79 Å². The Morgan fingerprint density at radius 3 is 2.50 bits per heavy atom. The van der Waals surface area contributed by atoms with Crippen LogP contribution in [0.4, 0.5) is 11.4 Å². The van der Waals surface area contributed by atoms with Crippen molar-refractivity contribution in [3.8, 4) is 0 Å². The zero-order valence-corrected chi connectivity index (χ0v) is 14.9. The molecule has 7 heteroatoms. The van der Waals surface area contributed by atoms with E-state index in [2.05, 4.69) is 15.5 Å². The zero-order valence-electron chi connectivity index (χ0n) is 14.0. The maximum absolute atomic E-state index is 12.8. The van der Waals surface area contributed by atoms with Crippen molar-refractivity contribution in [3.05, 3.63) is 24.3 Å². The topological polar surface area (TPSA) is 78.5 Å². The molecule has 0 bridgehead atoms. The summed E-state index contributed by atoms with van der Waals surface area (Å²) in [4.78, 5) is 15.1. The smallest absolute Gasteiger partial charge is 0.245 e. The van der Waals surface area contributed by atoms with E-state index in [4.69, 9.17) is 0 Å². The lowest BCUT2D eigenvalue weighted by Crippen LogP contribution is -2.55. The third kappa shape index (κ3) is 3.28. The molecule has 0 radical (unpaired) electrons. The van der Waals surface area contributed by atoms with Crippen molar-refractivity contribution < 1.29 is 13.2 Å². The number of piperidine rings is 1. The van der Waals surface area contributed by atoms with E-state index in [1.165, 1.54) is 19.1 Å². The summed E-state index contributed by atoms with van der Waals surface area (Å²) in [5, 5.41) is 5.98. The molecule has 1 aromatic carbocycles. The first-order valence-electron chi connectivity index (χ1n) is 8.49. The number of sulfone groups is 1. The Morgan fingerprint density at radius 2 is 1.88 bits per heavy atom. The molecule has 0 aliphatic carbocycles. The van der Waals surface area contributed by atoms with E-state index in [1.807, 2.05) is 24.3 Å². The van der Waals surface area contributed by atoms with Gasteiger partial charge in [0.25, 0.3) is 0 Å². The highest BCUT2D eigenvalue weighted by atomic mass is 32.2. The average Bonchev–Trinajstić information content (AvgIpc) is 3.09. The summed E-state index contributed by atoms with van der Waals surface area (Å²) in [6.07, 6.45) is 4.15. The normalized spacial score (nSPS) is 20.8. The Balaban J connectivity index is 1.81. The largest absolute Gasteiger partial charge is 0.371 e. The van der Waals surface area contributed by atoms with Crippen LogP contribution in [0.2, 0.25) is 0 Å². The third-order valence-electron chi connectivity index (χ3n) is 5.11. The summed E-state index contributed by atoms with van der Waals surface area (Å²) in [5.41, 5.74) is 1.73. The molecule has 2 N–H and O–H groups in total. The van der Waals surface area contributed by atoms with E-state index < -0.39 is 20.5 Å². The van der Waals surface area contributed by atoms with Crippen LogP contribution in [-0.4, -0.2) is 51.5 Å². The van der Waals surface area contributed by atoms with Crippen LogP contribution in [0.1, 0.15) is 25.7 Å². The average molecular weight is 351 g/mol. The summed E-state index contributed by atoms with van der Waals surface area (Å²) < 4.78 is 23.3. The summed E-state index contributed by atoms with van der Waals surface area (Å²) in [7, 11) is -3.50. The van der Waals surface area contributed by atoms with Crippen molar-refractivity contribution in [1.29, 1.82) is 0 Å². The second-order valence-electron chi connectivity index (χ2n) is 6.72. The molecule has 0 saturated carbocycles. The van der Waals surface area contributed by atoms with Gasteiger partial charge >= 0.3 is 0 Å². The summed E-state index contributed by atoms with van der Waals surface area (Å²) in [6, 6.07) is 7.67. The fourth-order valence-electron chi connectivity index (χ4n) is 3.60. The molecule has 0 unspecified atom stereocenters. The van der Waals surface area contributed by atoms with Gasteiger partial charge in [0.2, 0.25) is 5.91 Å². The first-order valence-corrected chi connectivity index (χ1v) is 10.4. The van der Waals surface area contributed by atoms with Crippen LogP contribution in [0.3, 0.4) is 0 Å². The van der Waals surface area contributed by atoms with Crippen LogP contribution in [-0.2, 0) is 14.6 Å². The maximum atomic E-state index is 12.8. The highest BCUT2D eigenvalue weighted by Crippen LogP contribution is 2.30. The number of anilines is 2. The predicted octanol–water partition coefficient (Wildman–Crippen LogP) is 1.39. The molecular formula is C17H25N3O3S. The Hall–Kier alpha value is -1.60. The summed E-state index contributed by atoms with van der Waals surface area (Å²) >= 11 is 0.